The van der Waals surface area contributed by atoms with Crippen LogP contribution in [0.15, 0.2) is 53.4 Å². The fraction of sp³-hybridized carbons (Fsp3) is 0.333. The molecule has 33 heavy (non-hydrogen) atoms. The van der Waals surface area contributed by atoms with Gasteiger partial charge in [0.25, 0.3) is 0 Å². The monoisotopic (exact) mass is 470 g/mol. The van der Waals surface area contributed by atoms with E-state index >= 15 is 0 Å². The summed E-state index contributed by atoms with van der Waals surface area (Å²) in [7, 11) is -3.44. The molecule has 0 saturated carbocycles. The van der Waals surface area contributed by atoms with Crippen LogP contribution in [0.2, 0.25) is 0 Å². The highest BCUT2D eigenvalue weighted by Crippen LogP contribution is 2.21. The first-order valence-electron chi connectivity index (χ1n) is 10.9. The van der Waals surface area contributed by atoms with Crippen molar-refractivity contribution < 1.29 is 17.6 Å². The fourth-order valence-electron chi connectivity index (χ4n) is 4.05. The van der Waals surface area contributed by atoms with Gasteiger partial charge >= 0.3 is 0 Å². The molecule has 1 saturated heterocycles. The summed E-state index contributed by atoms with van der Waals surface area (Å²) in [6.07, 6.45) is 1.95. The van der Waals surface area contributed by atoms with Crippen LogP contribution in [0.5, 0.6) is 0 Å². The van der Waals surface area contributed by atoms with Crippen molar-refractivity contribution >= 4 is 15.9 Å². The Kier molecular flexibility index (Phi) is 6.62. The summed E-state index contributed by atoms with van der Waals surface area (Å²) in [6.45, 7) is 5.15. The molecule has 2 heterocycles. The van der Waals surface area contributed by atoms with E-state index in [9.17, 15) is 17.6 Å². The number of hydrogen-bond acceptors (Lipinski definition) is 4. The van der Waals surface area contributed by atoms with E-state index < -0.39 is 10.0 Å². The van der Waals surface area contributed by atoms with Gasteiger partial charge in [0.15, 0.2) is 0 Å². The number of carbonyl (C=O) groups excluding carboxylic acids is 1. The van der Waals surface area contributed by atoms with Gasteiger partial charge in [-0.3, -0.25) is 4.79 Å². The van der Waals surface area contributed by atoms with Crippen LogP contribution in [0.4, 0.5) is 4.39 Å². The molecule has 3 aromatic rings. The van der Waals surface area contributed by atoms with Crippen LogP contribution >= 0.6 is 0 Å². The highest BCUT2D eigenvalue weighted by molar-refractivity contribution is 7.89. The van der Waals surface area contributed by atoms with E-state index in [1.54, 1.807) is 41.1 Å². The summed E-state index contributed by atoms with van der Waals surface area (Å²) >= 11 is 0. The van der Waals surface area contributed by atoms with Crippen LogP contribution in [-0.2, 0) is 27.8 Å². The Morgan fingerprint density at radius 1 is 1.03 bits per heavy atom. The second kappa shape index (κ2) is 9.44. The molecule has 1 aromatic heterocycles. The van der Waals surface area contributed by atoms with Gasteiger partial charge in [-0.1, -0.05) is 12.1 Å². The van der Waals surface area contributed by atoms with Gasteiger partial charge in [-0.15, -0.1) is 0 Å². The molecule has 0 aliphatic carbocycles. The minimum absolute atomic E-state index is 0.159. The normalized spacial score (nSPS) is 14.5. The lowest BCUT2D eigenvalue weighted by atomic mass is 10.1. The summed E-state index contributed by atoms with van der Waals surface area (Å²) in [5.41, 5.74) is 3.94. The quantitative estimate of drug-likeness (QED) is 0.574. The number of halogens is 1. The van der Waals surface area contributed by atoms with Crippen molar-refractivity contribution in [3.05, 3.63) is 76.9 Å². The van der Waals surface area contributed by atoms with Crippen LogP contribution in [0.3, 0.4) is 0 Å². The summed E-state index contributed by atoms with van der Waals surface area (Å²) in [5, 5.41) is 7.39. The Bertz CT molecular complexity index is 1250. The second-order valence-corrected chi connectivity index (χ2v) is 10.2. The second-order valence-electron chi connectivity index (χ2n) is 8.25. The van der Waals surface area contributed by atoms with Crippen molar-refractivity contribution in [2.45, 2.75) is 44.6 Å². The Balaban J connectivity index is 1.38. The summed E-state index contributed by atoms with van der Waals surface area (Å²) in [6, 6.07) is 12.7. The van der Waals surface area contributed by atoms with Crippen molar-refractivity contribution in [2.75, 3.05) is 13.1 Å². The molecule has 2 aromatic carbocycles. The lowest BCUT2D eigenvalue weighted by Crippen LogP contribution is -2.28. The third kappa shape index (κ3) is 4.99. The van der Waals surface area contributed by atoms with E-state index in [-0.39, 0.29) is 23.0 Å². The van der Waals surface area contributed by atoms with Crippen LogP contribution in [0.1, 0.15) is 35.4 Å². The number of amides is 1. The van der Waals surface area contributed by atoms with E-state index in [1.165, 1.54) is 16.4 Å². The molecule has 4 rings (SSSR count). The molecule has 0 radical (unpaired) electrons. The van der Waals surface area contributed by atoms with E-state index in [4.69, 9.17) is 0 Å². The molecular formula is C24H27FN4O3S. The molecular weight excluding hydrogens is 443 g/mol. The smallest absolute Gasteiger partial charge is 0.243 e. The molecule has 0 spiro atoms. The van der Waals surface area contributed by atoms with Crippen LogP contribution in [0.25, 0.3) is 5.69 Å². The maximum Gasteiger partial charge on any atom is 0.243 e. The molecule has 1 aliphatic heterocycles. The Morgan fingerprint density at radius 3 is 2.30 bits per heavy atom. The zero-order chi connectivity index (χ0) is 23.6. The summed E-state index contributed by atoms with van der Waals surface area (Å²) in [5.74, 6) is -0.477. The highest BCUT2D eigenvalue weighted by atomic mass is 32.2. The van der Waals surface area contributed by atoms with E-state index in [1.807, 2.05) is 13.8 Å². The molecule has 1 amide bonds. The van der Waals surface area contributed by atoms with Crippen LogP contribution in [-0.4, -0.2) is 41.5 Å². The summed E-state index contributed by atoms with van der Waals surface area (Å²) in [4.78, 5) is 12.9. The summed E-state index contributed by atoms with van der Waals surface area (Å²) < 4.78 is 41.7. The topological polar surface area (TPSA) is 84.3 Å². The van der Waals surface area contributed by atoms with Gasteiger partial charge in [-0.2, -0.15) is 9.40 Å². The van der Waals surface area contributed by atoms with Gasteiger partial charge in [0.2, 0.25) is 15.9 Å². The molecule has 1 aliphatic rings. The van der Waals surface area contributed by atoms with E-state index in [0.29, 0.717) is 19.6 Å². The average Bonchev–Trinajstić information content (AvgIpc) is 3.44. The van der Waals surface area contributed by atoms with E-state index in [0.717, 1.165) is 41.0 Å². The molecule has 1 fully saturated rings. The minimum atomic E-state index is -3.44. The Labute approximate surface area is 193 Å². The number of aromatic nitrogens is 2. The minimum Gasteiger partial charge on any atom is -0.352 e. The third-order valence-electron chi connectivity index (χ3n) is 5.97. The number of carbonyl (C=O) groups is 1. The van der Waals surface area contributed by atoms with Crippen molar-refractivity contribution in [3.63, 3.8) is 0 Å². The number of sulfonamides is 1. The molecule has 174 valence electrons. The molecule has 0 unspecified atom stereocenters. The fourth-order valence-corrected chi connectivity index (χ4v) is 5.56. The van der Waals surface area contributed by atoms with Crippen molar-refractivity contribution in [1.82, 2.24) is 19.4 Å². The molecule has 1 N–H and O–H groups in total. The van der Waals surface area contributed by atoms with Gasteiger partial charge < -0.3 is 5.32 Å². The number of nitrogens with one attached hydrogen (secondary N) is 1. The van der Waals surface area contributed by atoms with Gasteiger partial charge in [-0.25, -0.2) is 17.5 Å². The predicted molar refractivity (Wildman–Crippen MR) is 123 cm³/mol. The lowest BCUT2D eigenvalue weighted by Gasteiger charge is -2.15. The first-order valence-corrected chi connectivity index (χ1v) is 12.4. The standard InChI is InChI=1S/C24H27FN4O3S/c1-17-23(18(2)29(27-17)21-9-7-20(25)8-10-21)15-24(30)26-16-19-5-11-22(12-6-19)33(31,32)28-13-3-4-14-28/h5-12H,3-4,13-16H2,1-2H3,(H,26,30). The zero-order valence-electron chi connectivity index (χ0n) is 18.7. The van der Waals surface area contributed by atoms with Gasteiger partial charge in [0, 0.05) is 30.9 Å². The number of benzene rings is 2. The molecule has 0 atom stereocenters. The zero-order valence-corrected chi connectivity index (χ0v) is 19.5. The highest BCUT2D eigenvalue weighted by Gasteiger charge is 2.26. The van der Waals surface area contributed by atoms with Crippen molar-refractivity contribution in [2.24, 2.45) is 0 Å². The first kappa shape index (κ1) is 23.1. The SMILES string of the molecule is Cc1nn(-c2ccc(F)cc2)c(C)c1CC(=O)NCc1ccc(S(=O)(=O)N2CCCC2)cc1. The van der Waals surface area contributed by atoms with Gasteiger partial charge in [0.1, 0.15) is 5.82 Å². The van der Waals surface area contributed by atoms with Crippen molar-refractivity contribution in [3.8, 4) is 5.69 Å². The molecule has 9 heteroatoms. The van der Waals surface area contributed by atoms with Gasteiger partial charge in [0.05, 0.1) is 22.7 Å². The number of aryl methyl sites for hydroxylation is 1. The predicted octanol–water partition coefficient (Wildman–Crippen LogP) is 3.27. The molecule has 0 bridgehead atoms. The maximum absolute atomic E-state index is 13.2. The number of rotatable bonds is 7. The van der Waals surface area contributed by atoms with E-state index in [2.05, 4.69) is 10.4 Å². The van der Waals surface area contributed by atoms with Crippen molar-refractivity contribution in [1.29, 1.82) is 0 Å². The van der Waals surface area contributed by atoms with Crippen LogP contribution in [0, 0.1) is 19.7 Å². The average molecular weight is 471 g/mol. The third-order valence-corrected chi connectivity index (χ3v) is 7.88. The van der Waals surface area contributed by atoms with Crippen LogP contribution < -0.4 is 5.32 Å². The number of nitrogens with zero attached hydrogens (tertiary/aromatic N) is 3. The number of hydrogen-bond donors (Lipinski definition) is 1. The Morgan fingerprint density at radius 2 is 1.67 bits per heavy atom. The lowest BCUT2D eigenvalue weighted by molar-refractivity contribution is -0.120. The van der Waals surface area contributed by atoms with Gasteiger partial charge in [-0.05, 0) is 68.7 Å². The largest absolute Gasteiger partial charge is 0.352 e. The molecule has 7 nitrogen and oxygen atoms in total. The first-order chi connectivity index (χ1) is 15.8. The maximum atomic E-state index is 13.2. The Hall–Kier alpha value is -3.04.